The number of benzene rings is 2. The minimum absolute atomic E-state index is 0.0609. The number of amides is 2. The van der Waals surface area contributed by atoms with Crippen molar-refractivity contribution in [3.05, 3.63) is 58.1 Å². The average Bonchev–Trinajstić information content (AvgIpc) is 3.15. The van der Waals surface area contributed by atoms with Crippen LogP contribution in [0.5, 0.6) is 5.75 Å². The van der Waals surface area contributed by atoms with Gasteiger partial charge in [-0.15, -0.1) is 11.8 Å². The van der Waals surface area contributed by atoms with E-state index < -0.39 is 6.04 Å². The third kappa shape index (κ3) is 4.69. The van der Waals surface area contributed by atoms with E-state index >= 15 is 0 Å². The van der Waals surface area contributed by atoms with Gasteiger partial charge in [-0.05, 0) is 42.0 Å². The number of hydrogen-bond donors (Lipinski definition) is 1. The summed E-state index contributed by atoms with van der Waals surface area (Å²) in [7, 11) is 1.58. The molecule has 1 unspecified atom stereocenters. The Bertz CT molecular complexity index is 825. The highest BCUT2D eigenvalue weighted by Crippen LogP contribution is 2.28. The molecule has 1 heterocycles. The van der Waals surface area contributed by atoms with Crippen LogP contribution in [0.3, 0.4) is 0 Å². The zero-order valence-corrected chi connectivity index (χ0v) is 16.9. The van der Waals surface area contributed by atoms with Crippen molar-refractivity contribution in [2.24, 2.45) is 0 Å². The van der Waals surface area contributed by atoms with Gasteiger partial charge in [-0.3, -0.25) is 9.59 Å². The van der Waals surface area contributed by atoms with Gasteiger partial charge in [-0.25, -0.2) is 0 Å². The third-order valence-corrected chi connectivity index (χ3v) is 5.97. The molecule has 5 nitrogen and oxygen atoms in total. The van der Waals surface area contributed by atoms with Crippen LogP contribution < -0.4 is 10.1 Å². The van der Waals surface area contributed by atoms with E-state index in [0.717, 1.165) is 0 Å². The highest BCUT2D eigenvalue weighted by Gasteiger charge is 2.35. The molecule has 1 N–H and O–H groups in total. The molecule has 0 spiro atoms. The first-order chi connectivity index (χ1) is 13.0. The van der Waals surface area contributed by atoms with Gasteiger partial charge in [0.15, 0.2) is 0 Å². The Morgan fingerprint density at radius 3 is 2.48 bits per heavy atom. The summed E-state index contributed by atoms with van der Waals surface area (Å²) in [5, 5.41) is 3.75. The van der Waals surface area contributed by atoms with E-state index in [-0.39, 0.29) is 18.2 Å². The summed E-state index contributed by atoms with van der Waals surface area (Å²) in [6, 6.07) is 11.6. The summed E-state index contributed by atoms with van der Waals surface area (Å²) in [6.07, 6.45) is 0.0609. The quantitative estimate of drug-likeness (QED) is 0.784. The second-order valence-corrected chi connectivity index (χ2v) is 7.79. The molecule has 1 aliphatic rings. The largest absolute Gasteiger partial charge is 0.497 e. The lowest BCUT2D eigenvalue weighted by molar-refractivity contribution is -0.135. The molecular weight excluding hydrogens is 407 g/mol. The van der Waals surface area contributed by atoms with Gasteiger partial charge in [-0.2, -0.15) is 0 Å². The van der Waals surface area contributed by atoms with Crippen LogP contribution in [0.4, 0.5) is 5.69 Å². The number of halogens is 2. The van der Waals surface area contributed by atoms with Crippen molar-refractivity contribution in [3.63, 3.8) is 0 Å². The molecule has 1 saturated heterocycles. The maximum Gasteiger partial charge on any atom is 0.248 e. The standard InChI is InChI=1S/C19H18Cl2N2O3S/c1-26-13-7-5-12(6-8-13)22-19(25)17-10-27-11-23(17)18(24)9-14-15(20)3-2-4-16(14)21/h2-8,17H,9-11H2,1H3,(H,22,25). The fraction of sp³-hybridized carbons (Fsp3) is 0.263. The summed E-state index contributed by atoms with van der Waals surface area (Å²) in [4.78, 5) is 27.0. The molecule has 2 aromatic carbocycles. The molecule has 1 fully saturated rings. The third-order valence-electron chi connectivity index (χ3n) is 4.25. The molecule has 0 aromatic heterocycles. The lowest BCUT2D eigenvalue weighted by Crippen LogP contribution is -2.45. The summed E-state index contributed by atoms with van der Waals surface area (Å²) in [6.45, 7) is 0. The lowest BCUT2D eigenvalue weighted by Gasteiger charge is -2.23. The van der Waals surface area contributed by atoms with Gasteiger partial charge in [0, 0.05) is 21.5 Å². The number of rotatable bonds is 5. The Hall–Kier alpha value is -1.89. The van der Waals surface area contributed by atoms with Crippen molar-refractivity contribution < 1.29 is 14.3 Å². The van der Waals surface area contributed by atoms with Crippen molar-refractivity contribution >= 4 is 52.5 Å². The molecule has 142 valence electrons. The van der Waals surface area contributed by atoms with E-state index in [1.807, 2.05) is 0 Å². The Morgan fingerprint density at radius 2 is 1.85 bits per heavy atom. The number of nitrogens with zero attached hydrogens (tertiary/aromatic N) is 1. The van der Waals surface area contributed by atoms with Gasteiger partial charge < -0.3 is 15.0 Å². The normalized spacial score (nSPS) is 16.3. The fourth-order valence-electron chi connectivity index (χ4n) is 2.76. The number of hydrogen-bond acceptors (Lipinski definition) is 4. The van der Waals surface area contributed by atoms with E-state index in [9.17, 15) is 9.59 Å². The second-order valence-electron chi connectivity index (χ2n) is 5.97. The summed E-state index contributed by atoms with van der Waals surface area (Å²) < 4.78 is 5.11. The second kappa shape index (κ2) is 8.87. The number of anilines is 1. The number of carbonyl (C=O) groups is 2. The Kier molecular flexibility index (Phi) is 6.52. The van der Waals surface area contributed by atoms with Crippen LogP contribution in [0.2, 0.25) is 10.0 Å². The first kappa shape index (κ1) is 19.9. The van der Waals surface area contributed by atoms with Crippen LogP contribution in [-0.4, -0.2) is 41.5 Å². The van der Waals surface area contributed by atoms with Gasteiger partial charge in [0.2, 0.25) is 11.8 Å². The summed E-state index contributed by atoms with van der Waals surface area (Å²) in [5.74, 6) is 1.32. The predicted octanol–water partition coefficient (Wildman–Crippen LogP) is 4.08. The van der Waals surface area contributed by atoms with Crippen molar-refractivity contribution in [3.8, 4) is 5.75 Å². The summed E-state index contributed by atoms with van der Waals surface area (Å²) in [5.41, 5.74) is 1.23. The fourth-order valence-corrected chi connectivity index (χ4v) is 4.47. The van der Waals surface area contributed by atoms with E-state index in [1.165, 1.54) is 0 Å². The van der Waals surface area contributed by atoms with E-state index in [0.29, 0.717) is 38.7 Å². The van der Waals surface area contributed by atoms with Gasteiger partial charge in [0.05, 0.1) is 19.4 Å². The topological polar surface area (TPSA) is 58.6 Å². The number of thioether (sulfide) groups is 1. The molecule has 1 atom stereocenters. The monoisotopic (exact) mass is 424 g/mol. The Labute approximate surface area is 172 Å². The number of nitrogens with one attached hydrogen (secondary N) is 1. The first-order valence-electron chi connectivity index (χ1n) is 8.24. The van der Waals surface area contributed by atoms with Crippen LogP contribution >= 0.6 is 35.0 Å². The minimum Gasteiger partial charge on any atom is -0.497 e. The minimum atomic E-state index is -0.536. The molecule has 1 aliphatic heterocycles. The molecule has 8 heteroatoms. The molecule has 3 rings (SSSR count). The van der Waals surface area contributed by atoms with Crippen LogP contribution in [0.25, 0.3) is 0 Å². The lowest BCUT2D eigenvalue weighted by atomic mass is 10.1. The van der Waals surface area contributed by atoms with Gasteiger partial charge >= 0.3 is 0 Å². The SMILES string of the molecule is COc1ccc(NC(=O)C2CSCN2C(=O)Cc2c(Cl)cccc2Cl)cc1. The smallest absolute Gasteiger partial charge is 0.248 e. The zero-order valence-electron chi connectivity index (χ0n) is 14.6. The van der Waals surface area contributed by atoms with Gasteiger partial charge in [0.1, 0.15) is 11.8 Å². The van der Waals surface area contributed by atoms with Crippen LogP contribution in [0.15, 0.2) is 42.5 Å². The van der Waals surface area contributed by atoms with E-state index in [4.69, 9.17) is 27.9 Å². The highest BCUT2D eigenvalue weighted by molar-refractivity contribution is 7.99. The molecule has 27 heavy (non-hydrogen) atoms. The molecular formula is C19H18Cl2N2O3S. The average molecular weight is 425 g/mol. The van der Waals surface area contributed by atoms with Crippen LogP contribution in [-0.2, 0) is 16.0 Å². The predicted molar refractivity (Wildman–Crippen MR) is 110 cm³/mol. The highest BCUT2D eigenvalue weighted by atomic mass is 35.5. The van der Waals surface area contributed by atoms with Crippen LogP contribution in [0, 0.1) is 0 Å². The van der Waals surface area contributed by atoms with Crippen molar-refractivity contribution in [2.45, 2.75) is 12.5 Å². The number of ether oxygens (including phenoxy) is 1. The molecule has 0 radical (unpaired) electrons. The van der Waals surface area contributed by atoms with Crippen LogP contribution in [0.1, 0.15) is 5.56 Å². The first-order valence-corrected chi connectivity index (χ1v) is 10.2. The molecule has 0 aliphatic carbocycles. The maximum atomic E-state index is 12.8. The Morgan fingerprint density at radius 1 is 1.19 bits per heavy atom. The van der Waals surface area contributed by atoms with E-state index in [2.05, 4.69) is 5.32 Å². The van der Waals surface area contributed by atoms with Gasteiger partial charge in [0.25, 0.3) is 0 Å². The zero-order chi connectivity index (χ0) is 19.4. The molecule has 2 aromatic rings. The number of methoxy groups -OCH3 is 1. The number of carbonyl (C=O) groups excluding carboxylic acids is 2. The van der Waals surface area contributed by atoms with Crippen molar-refractivity contribution in [2.75, 3.05) is 24.1 Å². The van der Waals surface area contributed by atoms with Gasteiger partial charge in [-0.1, -0.05) is 29.3 Å². The van der Waals surface area contributed by atoms with E-state index in [1.54, 1.807) is 66.2 Å². The summed E-state index contributed by atoms with van der Waals surface area (Å²) >= 11 is 13.9. The molecule has 0 bridgehead atoms. The molecule has 0 saturated carbocycles. The van der Waals surface area contributed by atoms with Crippen molar-refractivity contribution in [1.82, 2.24) is 4.90 Å². The van der Waals surface area contributed by atoms with Crippen molar-refractivity contribution in [1.29, 1.82) is 0 Å². The maximum absolute atomic E-state index is 12.8. The Balaban J connectivity index is 1.68. The molecule has 2 amide bonds.